The fourth-order valence-electron chi connectivity index (χ4n) is 1.48. The summed E-state index contributed by atoms with van der Waals surface area (Å²) in [6.45, 7) is -0.192. The Hall–Kier alpha value is -1.65. The topological polar surface area (TPSA) is 109 Å². The Labute approximate surface area is 125 Å². The molecule has 1 aromatic carbocycles. The van der Waals surface area contributed by atoms with Gasteiger partial charge in [-0.25, -0.2) is 13.1 Å². The summed E-state index contributed by atoms with van der Waals surface area (Å²) in [5.74, 6) is -1.79. The molecule has 0 bridgehead atoms. The van der Waals surface area contributed by atoms with Crippen LogP contribution in [0.4, 0.5) is 13.2 Å². The van der Waals surface area contributed by atoms with Crippen molar-refractivity contribution in [2.24, 2.45) is 5.73 Å². The molecule has 1 rings (SSSR count). The summed E-state index contributed by atoms with van der Waals surface area (Å²) in [7, 11) is -3.76. The first-order valence-corrected chi connectivity index (χ1v) is 7.78. The number of carboxylic acid groups (broad SMARTS) is 1. The fraction of sp³-hybridized carbons (Fsp3) is 0.417. The van der Waals surface area contributed by atoms with Crippen LogP contribution in [-0.2, 0) is 27.5 Å². The van der Waals surface area contributed by atoms with Crippen molar-refractivity contribution in [1.82, 2.24) is 4.72 Å². The van der Waals surface area contributed by atoms with Crippen LogP contribution in [-0.4, -0.2) is 31.3 Å². The Balaban J connectivity index is 2.56. The summed E-state index contributed by atoms with van der Waals surface area (Å²) < 4.78 is 62.5. The number of benzene rings is 1. The van der Waals surface area contributed by atoms with Crippen molar-refractivity contribution in [2.75, 3.05) is 5.75 Å². The lowest BCUT2D eigenvalue weighted by molar-refractivity contribution is -0.139. The van der Waals surface area contributed by atoms with Crippen LogP contribution in [0.2, 0.25) is 0 Å². The van der Waals surface area contributed by atoms with Gasteiger partial charge in [-0.1, -0.05) is 12.1 Å². The molecule has 0 radical (unpaired) electrons. The van der Waals surface area contributed by atoms with Gasteiger partial charge in [0.15, 0.2) is 0 Å². The van der Waals surface area contributed by atoms with Gasteiger partial charge in [-0.2, -0.15) is 13.2 Å². The van der Waals surface area contributed by atoms with Crippen LogP contribution < -0.4 is 10.5 Å². The number of hydrogen-bond acceptors (Lipinski definition) is 4. The largest absolute Gasteiger partial charge is 0.480 e. The number of nitrogens with one attached hydrogen (secondary N) is 1. The first kappa shape index (κ1) is 18.4. The zero-order valence-electron chi connectivity index (χ0n) is 11.3. The van der Waals surface area contributed by atoms with Gasteiger partial charge in [0.05, 0.1) is 11.3 Å². The van der Waals surface area contributed by atoms with Gasteiger partial charge in [0.1, 0.15) is 6.04 Å². The number of alkyl halides is 3. The van der Waals surface area contributed by atoms with E-state index in [4.69, 9.17) is 10.8 Å². The summed E-state index contributed by atoms with van der Waals surface area (Å²) in [5, 5.41) is 8.55. The number of carboxylic acids is 1. The monoisotopic (exact) mass is 340 g/mol. The van der Waals surface area contributed by atoms with Crippen LogP contribution in [0.5, 0.6) is 0 Å². The molecule has 0 aliphatic carbocycles. The van der Waals surface area contributed by atoms with Gasteiger partial charge < -0.3 is 10.8 Å². The van der Waals surface area contributed by atoms with Crippen molar-refractivity contribution in [2.45, 2.75) is 25.2 Å². The summed E-state index contributed by atoms with van der Waals surface area (Å²) >= 11 is 0. The molecule has 0 fully saturated rings. The molecule has 6 nitrogen and oxygen atoms in total. The predicted octanol–water partition coefficient (Wildman–Crippen LogP) is 0.927. The van der Waals surface area contributed by atoms with E-state index in [1.165, 1.54) is 0 Å². The number of hydrogen-bond donors (Lipinski definition) is 3. The molecule has 0 saturated heterocycles. The first-order chi connectivity index (χ1) is 10.0. The maximum absolute atomic E-state index is 12.4. The smallest absolute Gasteiger partial charge is 0.416 e. The van der Waals surface area contributed by atoms with Crippen LogP contribution in [0.15, 0.2) is 24.3 Å². The van der Waals surface area contributed by atoms with Crippen molar-refractivity contribution in [3.05, 3.63) is 35.4 Å². The SMILES string of the molecule is N[C@@H](CCS(=O)(=O)NCc1ccc(C(F)(F)F)cc1)C(=O)O. The molecule has 0 saturated carbocycles. The molecule has 1 aromatic rings. The number of rotatable bonds is 7. The van der Waals surface area contributed by atoms with E-state index in [-0.39, 0.29) is 13.0 Å². The number of sulfonamides is 1. The van der Waals surface area contributed by atoms with Crippen molar-refractivity contribution in [3.63, 3.8) is 0 Å². The number of nitrogens with two attached hydrogens (primary N) is 1. The standard InChI is InChI=1S/C12H15F3N2O4S/c13-12(14,15)9-3-1-8(2-4-9)7-17-22(20,21)6-5-10(16)11(18)19/h1-4,10,17H,5-7,16H2,(H,18,19)/t10-/m0/s1. The zero-order valence-corrected chi connectivity index (χ0v) is 12.1. The summed E-state index contributed by atoms with van der Waals surface area (Å²) in [6, 6.07) is 2.74. The van der Waals surface area contributed by atoms with Gasteiger partial charge in [-0.3, -0.25) is 4.79 Å². The molecule has 1 atom stereocenters. The minimum atomic E-state index is -4.45. The van der Waals surface area contributed by atoms with E-state index in [9.17, 15) is 26.4 Å². The van der Waals surface area contributed by atoms with E-state index in [1.54, 1.807) is 0 Å². The summed E-state index contributed by atoms with van der Waals surface area (Å²) in [5.41, 5.74) is 4.71. The molecular weight excluding hydrogens is 325 g/mol. The molecule has 0 amide bonds. The van der Waals surface area contributed by atoms with Crippen LogP contribution in [0, 0.1) is 0 Å². The first-order valence-electron chi connectivity index (χ1n) is 6.13. The second-order valence-electron chi connectivity index (χ2n) is 4.57. The zero-order chi connectivity index (χ0) is 17.0. The van der Waals surface area contributed by atoms with Crippen molar-refractivity contribution in [3.8, 4) is 0 Å². The van der Waals surface area contributed by atoms with Crippen LogP contribution in [0.25, 0.3) is 0 Å². The Morgan fingerprint density at radius 3 is 2.27 bits per heavy atom. The molecule has 124 valence electrons. The van der Waals surface area contributed by atoms with E-state index in [1.807, 2.05) is 0 Å². The minimum absolute atomic E-state index is 0.192. The molecule has 0 aliphatic rings. The summed E-state index contributed by atoms with van der Waals surface area (Å²) in [6.07, 6.45) is -4.72. The Kier molecular flexibility index (Phi) is 5.92. The molecular formula is C12H15F3N2O4S. The van der Waals surface area contributed by atoms with Crippen LogP contribution in [0.1, 0.15) is 17.5 Å². The molecule has 0 unspecified atom stereocenters. The van der Waals surface area contributed by atoms with E-state index < -0.39 is 39.5 Å². The quantitative estimate of drug-likeness (QED) is 0.684. The molecule has 10 heteroatoms. The van der Waals surface area contributed by atoms with E-state index in [0.29, 0.717) is 5.56 Å². The number of carbonyl (C=O) groups is 1. The Bertz CT molecular complexity index is 614. The van der Waals surface area contributed by atoms with Gasteiger partial charge in [0.2, 0.25) is 10.0 Å². The van der Waals surface area contributed by atoms with Gasteiger partial charge in [-0.15, -0.1) is 0 Å². The lowest BCUT2D eigenvalue weighted by Crippen LogP contribution is -2.35. The molecule has 0 aliphatic heterocycles. The second kappa shape index (κ2) is 7.07. The Morgan fingerprint density at radius 1 is 1.27 bits per heavy atom. The maximum atomic E-state index is 12.4. The van der Waals surface area contributed by atoms with Gasteiger partial charge in [0.25, 0.3) is 0 Å². The molecule has 0 heterocycles. The normalized spacial score (nSPS) is 13.8. The van der Waals surface area contributed by atoms with Crippen molar-refractivity contribution in [1.29, 1.82) is 0 Å². The highest BCUT2D eigenvalue weighted by Crippen LogP contribution is 2.29. The Morgan fingerprint density at radius 2 is 1.82 bits per heavy atom. The molecule has 22 heavy (non-hydrogen) atoms. The van der Waals surface area contributed by atoms with E-state index in [0.717, 1.165) is 24.3 Å². The lowest BCUT2D eigenvalue weighted by atomic mass is 10.1. The van der Waals surface area contributed by atoms with Crippen LogP contribution in [0.3, 0.4) is 0 Å². The summed E-state index contributed by atoms with van der Waals surface area (Å²) in [4.78, 5) is 10.5. The maximum Gasteiger partial charge on any atom is 0.416 e. The van der Waals surface area contributed by atoms with Crippen molar-refractivity contribution >= 4 is 16.0 Å². The van der Waals surface area contributed by atoms with Gasteiger partial charge >= 0.3 is 12.1 Å². The van der Waals surface area contributed by atoms with E-state index >= 15 is 0 Å². The average molecular weight is 340 g/mol. The highest BCUT2D eigenvalue weighted by molar-refractivity contribution is 7.89. The molecule has 4 N–H and O–H groups in total. The van der Waals surface area contributed by atoms with E-state index in [2.05, 4.69) is 4.72 Å². The van der Waals surface area contributed by atoms with Crippen LogP contribution >= 0.6 is 0 Å². The highest BCUT2D eigenvalue weighted by atomic mass is 32.2. The molecule has 0 aromatic heterocycles. The highest BCUT2D eigenvalue weighted by Gasteiger charge is 2.29. The van der Waals surface area contributed by atoms with Gasteiger partial charge in [0, 0.05) is 6.54 Å². The second-order valence-corrected chi connectivity index (χ2v) is 6.49. The third kappa shape index (κ3) is 6.00. The number of aliphatic carboxylic acids is 1. The third-order valence-corrected chi connectivity index (χ3v) is 4.15. The minimum Gasteiger partial charge on any atom is -0.480 e. The predicted molar refractivity (Wildman–Crippen MR) is 72.3 cm³/mol. The molecule has 0 spiro atoms. The third-order valence-electron chi connectivity index (χ3n) is 2.79. The van der Waals surface area contributed by atoms with Gasteiger partial charge in [-0.05, 0) is 24.1 Å². The average Bonchev–Trinajstić information content (AvgIpc) is 2.42. The fourth-order valence-corrected chi connectivity index (χ4v) is 2.58. The van der Waals surface area contributed by atoms with Crippen molar-refractivity contribution < 1.29 is 31.5 Å². The number of halogens is 3. The lowest BCUT2D eigenvalue weighted by Gasteiger charge is -2.10.